The van der Waals surface area contributed by atoms with E-state index in [0.717, 1.165) is 61.7 Å². The Morgan fingerprint density at radius 1 is 0.961 bits per heavy atom. The minimum absolute atomic E-state index is 0.135. The molecule has 1 amide bonds. The number of nitro benzene ring substituents is 1. The summed E-state index contributed by atoms with van der Waals surface area (Å²) in [6.07, 6.45) is 0.708. The molecule has 1 saturated heterocycles. The third-order valence-corrected chi connectivity index (χ3v) is 11.1. The van der Waals surface area contributed by atoms with Crippen LogP contribution in [0.1, 0.15) is 22.3 Å². The standard InChI is InChI=1S/C37H44N6O6S2/c1-40(2)20-19-30(27-50-33-7-5-4-6-8-33)38-35-18-17-34(25-36(35)43(45)46)51(47,48)39-37(44)29-11-13-31(14-12-29)42-23-21-41(22-24-42)26-28-9-15-32(49-3)16-10-28/h4-18,25,30,38H,19-24,26-27H2,1-3H3,(H,39,44)/t30-/m1/s1. The fourth-order valence-corrected chi connectivity index (χ4v) is 7.70. The van der Waals surface area contributed by atoms with Crippen LogP contribution in [0.15, 0.2) is 107 Å². The van der Waals surface area contributed by atoms with E-state index in [1.807, 2.05) is 61.5 Å². The molecule has 5 rings (SSSR count). The second kappa shape index (κ2) is 17.5. The fraction of sp³-hybridized carbons (Fsp3) is 0.324. The normalized spacial score (nSPS) is 14.2. The zero-order chi connectivity index (χ0) is 36.4. The lowest BCUT2D eigenvalue weighted by Crippen LogP contribution is -2.46. The molecule has 0 unspecified atom stereocenters. The maximum Gasteiger partial charge on any atom is 0.293 e. The molecule has 0 bridgehead atoms. The number of nitrogens with one attached hydrogen (secondary N) is 2. The molecule has 51 heavy (non-hydrogen) atoms. The number of anilines is 2. The van der Waals surface area contributed by atoms with Crippen molar-refractivity contribution < 1.29 is 22.9 Å². The highest BCUT2D eigenvalue weighted by Crippen LogP contribution is 2.30. The first-order valence-corrected chi connectivity index (χ1v) is 19.1. The van der Waals surface area contributed by atoms with Crippen LogP contribution in [0.4, 0.5) is 17.1 Å². The molecule has 1 heterocycles. The molecule has 4 aromatic carbocycles. The molecule has 12 nitrogen and oxygen atoms in total. The number of hydrogen-bond donors (Lipinski definition) is 2. The topological polar surface area (TPSA) is 137 Å². The van der Waals surface area contributed by atoms with E-state index in [1.165, 1.54) is 17.7 Å². The molecule has 1 aliphatic rings. The van der Waals surface area contributed by atoms with E-state index in [0.29, 0.717) is 12.2 Å². The second-order valence-corrected chi connectivity index (χ2v) is 15.4. The van der Waals surface area contributed by atoms with Gasteiger partial charge in [-0.25, -0.2) is 13.1 Å². The van der Waals surface area contributed by atoms with E-state index in [2.05, 4.69) is 32.0 Å². The number of nitro groups is 1. The van der Waals surface area contributed by atoms with Crippen LogP contribution < -0.4 is 19.7 Å². The monoisotopic (exact) mass is 732 g/mol. The average Bonchev–Trinajstić information content (AvgIpc) is 3.13. The third-order valence-electron chi connectivity index (χ3n) is 8.61. The van der Waals surface area contributed by atoms with Crippen LogP contribution in [0, 0.1) is 10.1 Å². The van der Waals surface area contributed by atoms with E-state index in [9.17, 15) is 23.3 Å². The van der Waals surface area contributed by atoms with Crippen LogP contribution in [0.3, 0.4) is 0 Å². The fourth-order valence-electron chi connectivity index (χ4n) is 5.71. The largest absolute Gasteiger partial charge is 0.497 e. The van der Waals surface area contributed by atoms with Crippen molar-refractivity contribution in [2.24, 2.45) is 0 Å². The minimum Gasteiger partial charge on any atom is -0.497 e. The summed E-state index contributed by atoms with van der Waals surface area (Å²) in [6, 6.07) is 28.2. The number of nitrogens with zero attached hydrogens (tertiary/aromatic N) is 4. The SMILES string of the molecule is COc1ccc(CN2CCN(c3ccc(C(=O)NS(=O)(=O)c4ccc(N[C@H](CCN(C)C)CSc5ccccc5)c([N+](=O)[O-])c4)cc3)CC2)cc1. The minimum atomic E-state index is -4.41. The van der Waals surface area contributed by atoms with E-state index >= 15 is 0 Å². The summed E-state index contributed by atoms with van der Waals surface area (Å²) in [6.45, 7) is 4.96. The highest BCUT2D eigenvalue weighted by molar-refractivity contribution is 7.99. The van der Waals surface area contributed by atoms with Crippen molar-refractivity contribution in [3.05, 3.63) is 118 Å². The van der Waals surface area contributed by atoms with E-state index in [-0.39, 0.29) is 22.2 Å². The van der Waals surface area contributed by atoms with Gasteiger partial charge in [-0.1, -0.05) is 30.3 Å². The number of ether oxygens (including phenoxy) is 1. The number of carbonyl (C=O) groups excluding carboxylic acids is 1. The molecular formula is C37H44N6O6S2. The van der Waals surface area contributed by atoms with Crippen molar-refractivity contribution in [1.82, 2.24) is 14.5 Å². The molecule has 2 N–H and O–H groups in total. The van der Waals surface area contributed by atoms with Crippen molar-refractivity contribution in [3.8, 4) is 5.75 Å². The van der Waals surface area contributed by atoms with Gasteiger partial charge in [0.1, 0.15) is 11.4 Å². The van der Waals surface area contributed by atoms with Crippen LogP contribution in [0.5, 0.6) is 5.75 Å². The van der Waals surface area contributed by atoms with Crippen molar-refractivity contribution in [3.63, 3.8) is 0 Å². The molecule has 4 aromatic rings. The first-order chi connectivity index (χ1) is 24.5. The molecule has 1 aliphatic heterocycles. The van der Waals surface area contributed by atoms with Gasteiger partial charge in [0.15, 0.2) is 0 Å². The Balaban J connectivity index is 1.19. The third kappa shape index (κ3) is 10.7. The molecule has 0 saturated carbocycles. The maximum atomic E-state index is 13.3. The Hall–Kier alpha value is -4.63. The van der Waals surface area contributed by atoms with Crippen LogP contribution >= 0.6 is 11.8 Å². The first kappa shape index (κ1) is 37.6. The summed E-state index contributed by atoms with van der Waals surface area (Å²) in [5, 5.41) is 15.4. The summed E-state index contributed by atoms with van der Waals surface area (Å²) >= 11 is 1.63. The van der Waals surface area contributed by atoms with Gasteiger partial charge < -0.3 is 19.9 Å². The highest BCUT2D eigenvalue weighted by atomic mass is 32.2. The van der Waals surface area contributed by atoms with Gasteiger partial charge in [-0.2, -0.15) is 0 Å². The molecule has 0 aromatic heterocycles. The van der Waals surface area contributed by atoms with Gasteiger partial charge in [0.25, 0.3) is 21.6 Å². The Morgan fingerprint density at radius 2 is 1.65 bits per heavy atom. The van der Waals surface area contributed by atoms with Crippen LogP contribution in [-0.2, 0) is 16.6 Å². The molecule has 0 radical (unpaired) electrons. The molecule has 14 heteroatoms. The molecule has 0 spiro atoms. The lowest BCUT2D eigenvalue weighted by Gasteiger charge is -2.36. The Kier molecular flexibility index (Phi) is 12.9. The quantitative estimate of drug-likeness (QED) is 0.0850. The summed E-state index contributed by atoms with van der Waals surface area (Å²) in [5.41, 5.74) is 2.13. The Morgan fingerprint density at radius 3 is 2.27 bits per heavy atom. The van der Waals surface area contributed by atoms with Gasteiger partial charge in [0.2, 0.25) is 0 Å². The van der Waals surface area contributed by atoms with E-state index in [4.69, 9.17) is 4.74 Å². The second-order valence-electron chi connectivity index (χ2n) is 12.6. The maximum absolute atomic E-state index is 13.3. The number of carbonyl (C=O) groups is 1. The number of benzene rings is 4. The average molecular weight is 733 g/mol. The van der Waals surface area contributed by atoms with Gasteiger partial charge in [-0.05, 0) is 93.3 Å². The zero-order valence-electron chi connectivity index (χ0n) is 29.0. The smallest absolute Gasteiger partial charge is 0.293 e. The van der Waals surface area contributed by atoms with Crippen molar-refractivity contribution in [2.45, 2.75) is 28.8 Å². The molecule has 0 aliphatic carbocycles. The number of sulfonamides is 1. The van der Waals surface area contributed by atoms with Gasteiger partial charge in [-0.15, -0.1) is 11.8 Å². The highest BCUT2D eigenvalue weighted by Gasteiger charge is 2.25. The van der Waals surface area contributed by atoms with Crippen LogP contribution in [0.2, 0.25) is 0 Å². The van der Waals surface area contributed by atoms with E-state index < -0.39 is 26.5 Å². The number of methoxy groups -OCH3 is 1. The van der Waals surface area contributed by atoms with Crippen molar-refractivity contribution in [2.75, 3.05) is 69.9 Å². The summed E-state index contributed by atoms with van der Waals surface area (Å²) in [7, 11) is 1.16. The van der Waals surface area contributed by atoms with E-state index in [1.54, 1.807) is 43.1 Å². The Bertz CT molecular complexity index is 1870. The van der Waals surface area contributed by atoms with Crippen molar-refractivity contribution in [1.29, 1.82) is 0 Å². The van der Waals surface area contributed by atoms with Crippen molar-refractivity contribution >= 4 is 44.8 Å². The van der Waals surface area contributed by atoms with Gasteiger partial charge in [0, 0.05) is 66.7 Å². The summed E-state index contributed by atoms with van der Waals surface area (Å²) in [5.74, 6) is 0.654. The van der Waals surface area contributed by atoms with Crippen LogP contribution in [0.25, 0.3) is 0 Å². The number of piperazine rings is 1. The Labute approximate surface area is 304 Å². The predicted octanol–water partition coefficient (Wildman–Crippen LogP) is 5.57. The van der Waals surface area contributed by atoms with Gasteiger partial charge in [-0.3, -0.25) is 19.8 Å². The van der Waals surface area contributed by atoms with Gasteiger partial charge in [0.05, 0.1) is 16.9 Å². The molecule has 1 fully saturated rings. The predicted molar refractivity (Wildman–Crippen MR) is 202 cm³/mol. The number of amides is 1. The summed E-state index contributed by atoms with van der Waals surface area (Å²) < 4.78 is 33.8. The zero-order valence-corrected chi connectivity index (χ0v) is 30.7. The number of hydrogen-bond acceptors (Lipinski definition) is 11. The molecule has 270 valence electrons. The molecule has 1 atom stereocenters. The first-order valence-electron chi connectivity index (χ1n) is 16.7. The molecular weight excluding hydrogens is 689 g/mol. The lowest BCUT2D eigenvalue weighted by atomic mass is 10.1. The number of thioether (sulfide) groups is 1. The van der Waals surface area contributed by atoms with Crippen LogP contribution in [-0.4, -0.2) is 94.8 Å². The number of rotatable bonds is 16. The van der Waals surface area contributed by atoms with Gasteiger partial charge >= 0.3 is 0 Å². The lowest BCUT2D eigenvalue weighted by molar-refractivity contribution is -0.384. The summed E-state index contributed by atoms with van der Waals surface area (Å²) in [4.78, 5) is 31.9.